The smallest absolute Gasteiger partial charge is 0.287 e. The molecule has 4 nitrogen and oxygen atoms in total. The van der Waals surface area contributed by atoms with Gasteiger partial charge >= 0.3 is 0 Å². The van der Waals surface area contributed by atoms with Crippen LogP contribution in [0.15, 0.2) is 54.6 Å². The van der Waals surface area contributed by atoms with Crippen molar-refractivity contribution in [1.82, 2.24) is 0 Å². The lowest BCUT2D eigenvalue weighted by molar-refractivity contribution is -1.01. The zero-order valence-corrected chi connectivity index (χ0v) is 14.5. The molecule has 1 aliphatic heterocycles. The molecule has 1 aliphatic rings. The molecule has 0 aromatic heterocycles. The van der Waals surface area contributed by atoms with E-state index in [-0.39, 0.29) is 11.9 Å². The molecule has 1 saturated heterocycles. The average molecular weight is 325 g/mol. The molecule has 0 radical (unpaired) electrons. The molecule has 0 aliphatic carbocycles. The van der Waals surface area contributed by atoms with E-state index in [4.69, 9.17) is 0 Å². The Morgan fingerprint density at radius 1 is 0.958 bits per heavy atom. The number of amides is 1. The van der Waals surface area contributed by atoms with E-state index < -0.39 is 0 Å². The van der Waals surface area contributed by atoms with Crippen LogP contribution >= 0.6 is 0 Å². The predicted octanol–water partition coefficient (Wildman–Crippen LogP) is 0.0880. The molecule has 2 aromatic carbocycles. The Kier molecular flexibility index (Phi) is 5.28. The molecule has 1 atom stereocenters. The van der Waals surface area contributed by atoms with Gasteiger partial charge in [0.2, 0.25) is 0 Å². The largest absolute Gasteiger partial charge is 0.328 e. The van der Waals surface area contributed by atoms with Crippen molar-refractivity contribution in [2.45, 2.75) is 13.0 Å². The summed E-state index contributed by atoms with van der Waals surface area (Å²) in [6, 6.07) is 18.0. The second kappa shape index (κ2) is 7.60. The number of hydrogen-bond acceptors (Lipinski definition) is 1. The molecule has 0 saturated carbocycles. The van der Waals surface area contributed by atoms with E-state index in [1.807, 2.05) is 42.5 Å². The molecule has 4 heteroatoms. The lowest BCUT2D eigenvalue weighted by atomic mass is 10.0. The number of nitrogens with one attached hydrogen (secondary N) is 3. The van der Waals surface area contributed by atoms with E-state index in [0.29, 0.717) is 0 Å². The SMILES string of the molecule is Cc1ccc(NC(=O)[C@H](c2ccccc2)[NH+]2CC[NH+](C)CC2)cc1. The van der Waals surface area contributed by atoms with Gasteiger partial charge in [-0.15, -0.1) is 0 Å². The molecule has 1 fully saturated rings. The van der Waals surface area contributed by atoms with Gasteiger partial charge in [0, 0.05) is 11.3 Å². The number of rotatable bonds is 4. The summed E-state index contributed by atoms with van der Waals surface area (Å²) in [6.45, 7) is 6.31. The maximum Gasteiger partial charge on any atom is 0.287 e. The second-order valence-corrected chi connectivity index (χ2v) is 6.81. The Balaban J connectivity index is 1.81. The Morgan fingerprint density at radius 3 is 2.21 bits per heavy atom. The topological polar surface area (TPSA) is 38.0 Å². The molecule has 0 unspecified atom stereocenters. The maximum absolute atomic E-state index is 13.0. The number of carbonyl (C=O) groups is 1. The number of aryl methyl sites for hydroxylation is 1. The third-order valence-electron chi connectivity index (χ3n) is 4.87. The maximum atomic E-state index is 13.0. The van der Waals surface area contributed by atoms with Crippen LogP contribution in [0.4, 0.5) is 5.69 Å². The summed E-state index contributed by atoms with van der Waals surface area (Å²) in [4.78, 5) is 15.9. The molecule has 24 heavy (non-hydrogen) atoms. The van der Waals surface area contributed by atoms with Crippen LogP contribution in [0.1, 0.15) is 17.2 Å². The summed E-state index contributed by atoms with van der Waals surface area (Å²) in [5.41, 5.74) is 3.16. The van der Waals surface area contributed by atoms with Crippen molar-refractivity contribution in [3.05, 3.63) is 65.7 Å². The van der Waals surface area contributed by atoms with E-state index >= 15 is 0 Å². The molecule has 1 amide bonds. The van der Waals surface area contributed by atoms with Gasteiger partial charge in [0.25, 0.3) is 5.91 Å². The third kappa shape index (κ3) is 4.02. The lowest BCUT2D eigenvalue weighted by Gasteiger charge is -2.32. The van der Waals surface area contributed by atoms with Crippen LogP contribution in [0.3, 0.4) is 0 Å². The van der Waals surface area contributed by atoms with Gasteiger partial charge in [-0.2, -0.15) is 0 Å². The Hall–Kier alpha value is -2.17. The highest BCUT2D eigenvalue weighted by Crippen LogP contribution is 2.14. The van der Waals surface area contributed by atoms with Crippen LogP contribution in [0.25, 0.3) is 0 Å². The fourth-order valence-corrected chi connectivity index (χ4v) is 3.36. The first kappa shape index (κ1) is 16.7. The number of carbonyl (C=O) groups excluding carboxylic acids is 1. The first-order valence-electron chi connectivity index (χ1n) is 8.72. The molecule has 126 valence electrons. The summed E-state index contributed by atoms with van der Waals surface area (Å²) < 4.78 is 0. The van der Waals surface area contributed by atoms with Crippen LogP contribution in [0, 0.1) is 6.92 Å². The van der Waals surface area contributed by atoms with Gasteiger partial charge in [-0.3, -0.25) is 4.79 Å². The molecule has 1 heterocycles. The van der Waals surface area contributed by atoms with Crippen molar-refractivity contribution in [3.8, 4) is 0 Å². The number of benzene rings is 2. The quantitative estimate of drug-likeness (QED) is 0.732. The summed E-state index contributed by atoms with van der Waals surface area (Å²) in [6.07, 6.45) is 0. The molecule has 3 N–H and O–H groups in total. The van der Waals surface area contributed by atoms with E-state index in [1.165, 1.54) is 10.5 Å². The van der Waals surface area contributed by atoms with Crippen LogP contribution in [-0.2, 0) is 4.79 Å². The van der Waals surface area contributed by atoms with E-state index in [9.17, 15) is 4.79 Å². The van der Waals surface area contributed by atoms with Gasteiger partial charge in [-0.05, 0) is 19.1 Å². The number of hydrogen-bond donors (Lipinski definition) is 3. The van der Waals surface area contributed by atoms with Crippen LogP contribution < -0.4 is 15.1 Å². The van der Waals surface area contributed by atoms with Gasteiger partial charge in [0.15, 0.2) is 6.04 Å². The fraction of sp³-hybridized carbons (Fsp3) is 0.350. The molecule has 2 aromatic rings. The predicted molar refractivity (Wildman–Crippen MR) is 96.3 cm³/mol. The monoisotopic (exact) mass is 325 g/mol. The minimum absolute atomic E-state index is 0.0830. The highest BCUT2D eigenvalue weighted by molar-refractivity contribution is 5.94. The number of likely N-dealkylation sites (N-methyl/N-ethyl adjacent to an activating group) is 1. The number of anilines is 1. The summed E-state index contributed by atoms with van der Waals surface area (Å²) in [5.74, 6) is 0.0830. The normalized spacial score (nSPS) is 21.9. The fourth-order valence-electron chi connectivity index (χ4n) is 3.36. The Labute approximate surface area is 144 Å². The zero-order chi connectivity index (χ0) is 16.9. The minimum Gasteiger partial charge on any atom is -0.328 e. The second-order valence-electron chi connectivity index (χ2n) is 6.81. The van der Waals surface area contributed by atoms with Crippen molar-refractivity contribution in [3.63, 3.8) is 0 Å². The summed E-state index contributed by atoms with van der Waals surface area (Å²) in [7, 11) is 2.22. The average Bonchev–Trinajstić information content (AvgIpc) is 2.60. The first-order chi connectivity index (χ1) is 11.6. The highest BCUT2D eigenvalue weighted by atomic mass is 16.2. The van der Waals surface area contributed by atoms with Gasteiger partial charge < -0.3 is 15.1 Å². The van der Waals surface area contributed by atoms with Crippen molar-refractivity contribution in [2.24, 2.45) is 0 Å². The molecule has 3 rings (SSSR count). The minimum atomic E-state index is -0.152. The van der Waals surface area contributed by atoms with Crippen LogP contribution in [0.2, 0.25) is 0 Å². The van der Waals surface area contributed by atoms with Gasteiger partial charge in [-0.1, -0.05) is 48.0 Å². The number of quaternary nitrogens is 2. The van der Waals surface area contributed by atoms with Crippen molar-refractivity contribution >= 4 is 11.6 Å². The molecule has 0 spiro atoms. The van der Waals surface area contributed by atoms with Gasteiger partial charge in [-0.25, -0.2) is 0 Å². The Morgan fingerprint density at radius 2 is 1.58 bits per heavy atom. The van der Waals surface area contributed by atoms with E-state index in [2.05, 4.69) is 31.4 Å². The molecular weight excluding hydrogens is 298 g/mol. The van der Waals surface area contributed by atoms with Crippen molar-refractivity contribution < 1.29 is 14.6 Å². The van der Waals surface area contributed by atoms with Gasteiger partial charge in [0.05, 0.1) is 7.05 Å². The highest BCUT2D eigenvalue weighted by Gasteiger charge is 2.34. The standard InChI is InChI=1S/C20H25N3O/c1-16-8-10-18(11-9-16)21-20(24)19(17-6-4-3-5-7-17)23-14-12-22(2)13-15-23/h3-11,19H,12-15H2,1-2H3,(H,21,24)/p+2/t19-/m0/s1. The van der Waals surface area contributed by atoms with Crippen LogP contribution in [0.5, 0.6) is 0 Å². The van der Waals surface area contributed by atoms with E-state index in [1.54, 1.807) is 4.90 Å². The summed E-state index contributed by atoms with van der Waals surface area (Å²) >= 11 is 0. The van der Waals surface area contributed by atoms with Gasteiger partial charge in [0.1, 0.15) is 26.2 Å². The van der Waals surface area contributed by atoms with Crippen molar-refractivity contribution in [2.75, 3.05) is 38.5 Å². The number of piperazine rings is 1. The lowest BCUT2D eigenvalue weighted by Crippen LogP contribution is -3.27. The van der Waals surface area contributed by atoms with E-state index in [0.717, 1.165) is 37.4 Å². The molecule has 0 bridgehead atoms. The molecular formula is C20H27N3O+2. The Bertz CT molecular complexity index is 661. The zero-order valence-electron chi connectivity index (χ0n) is 14.5. The summed E-state index contributed by atoms with van der Waals surface area (Å²) in [5, 5.41) is 3.11. The van der Waals surface area contributed by atoms with Crippen LogP contribution in [-0.4, -0.2) is 39.1 Å². The first-order valence-corrected chi connectivity index (χ1v) is 8.72. The van der Waals surface area contributed by atoms with Crippen molar-refractivity contribution in [1.29, 1.82) is 0 Å². The third-order valence-corrected chi connectivity index (χ3v) is 4.87.